The zero-order chi connectivity index (χ0) is 45.5. The summed E-state index contributed by atoms with van der Waals surface area (Å²) in [6.45, 7) is 9.02. The molecule has 14 nitrogen and oxygen atoms in total. The number of benzene rings is 4. The van der Waals surface area contributed by atoms with Gasteiger partial charge in [-0.15, -0.1) is 0 Å². The zero-order valence-corrected chi connectivity index (χ0v) is 37.6. The van der Waals surface area contributed by atoms with E-state index >= 15 is 0 Å². The maximum Gasteiger partial charge on any atom is 0.260 e. The number of aliphatic hydroxyl groups excluding tert-OH is 1. The van der Waals surface area contributed by atoms with Gasteiger partial charge in [-0.05, 0) is 78.3 Å². The summed E-state index contributed by atoms with van der Waals surface area (Å²) < 4.78 is 28.9. The van der Waals surface area contributed by atoms with Gasteiger partial charge in [0.25, 0.3) is 11.8 Å². The number of carbonyl (C=O) groups excluding carboxylic acids is 2. The molecule has 4 aliphatic rings. The standard InChI is InChI=1S/C45H44N4O7.C5H14N2O/c1-27(2)28-7-9-29(10-8-28)31-17-33-23-46-38-21-42(40(53-4)19-36(38)44(50)48(33)25-31)55-15-6-16-56-43-22-39-37(20-41(43)54-5)45(51)49-26-32(18-34(49)24-47-39)30-11-13-35(52-3)14-12-30;1-5(2,7-6)3-4-8/h7-14,19-27,33-34H,6,15-18H2,1-5H3;7-8H,3-4,6H2,1-2H3/t33?,34-;/m0./s1. The van der Waals surface area contributed by atoms with Gasteiger partial charge in [-0.3, -0.25) is 30.8 Å². The van der Waals surface area contributed by atoms with Crippen molar-refractivity contribution in [2.24, 2.45) is 15.8 Å². The lowest BCUT2D eigenvalue weighted by Crippen LogP contribution is -2.44. The molecule has 0 radical (unpaired) electrons. The first kappa shape index (κ1) is 45.5. The van der Waals surface area contributed by atoms with Crippen LogP contribution in [-0.4, -0.2) is 97.9 Å². The van der Waals surface area contributed by atoms with E-state index in [1.54, 1.807) is 55.4 Å². The highest BCUT2D eigenvalue weighted by molar-refractivity contribution is 6.06. The van der Waals surface area contributed by atoms with Gasteiger partial charge in [0.1, 0.15) is 5.75 Å². The predicted octanol–water partition coefficient (Wildman–Crippen LogP) is 8.24. The fraction of sp³-hybridized carbons (Fsp3) is 0.360. The molecular weight excluding hydrogens is 813 g/mol. The molecule has 0 bridgehead atoms. The highest BCUT2D eigenvalue weighted by Gasteiger charge is 2.35. The second kappa shape index (κ2) is 19.9. The van der Waals surface area contributed by atoms with Crippen LogP contribution < -0.4 is 35.0 Å². The van der Waals surface area contributed by atoms with Gasteiger partial charge in [0.15, 0.2) is 23.0 Å². The molecule has 4 aromatic rings. The highest BCUT2D eigenvalue weighted by atomic mass is 16.5. The second-order valence-electron chi connectivity index (χ2n) is 16.9. The summed E-state index contributed by atoms with van der Waals surface area (Å²) in [5.41, 5.74) is 9.97. The van der Waals surface area contributed by atoms with Crippen LogP contribution in [0, 0.1) is 0 Å². The molecule has 8 rings (SSSR count). The third-order valence-corrected chi connectivity index (χ3v) is 11.8. The van der Waals surface area contributed by atoms with E-state index in [-0.39, 0.29) is 36.0 Å². The number of aliphatic hydroxyl groups is 1. The quantitative estimate of drug-likeness (QED) is 0.0601. The first-order valence-electron chi connectivity index (χ1n) is 21.5. The average Bonchev–Trinajstić information content (AvgIpc) is 3.89. The number of nitrogens with one attached hydrogen (secondary N) is 1. The number of ether oxygens (including phenoxy) is 5. The number of nitrogens with two attached hydrogens (primary N) is 1. The third kappa shape index (κ3) is 9.99. The normalized spacial score (nSPS) is 17.3. The van der Waals surface area contributed by atoms with E-state index in [1.807, 2.05) is 62.9 Å². The number of hydrogen-bond donors (Lipinski definition) is 3. The summed E-state index contributed by atoms with van der Waals surface area (Å²) in [7, 11) is 4.74. The predicted molar refractivity (Wildman–Crippen MR) is 250 cm³/mol. The van der Waals surface area contributed by atoms with E-state index in [0.29, 0.717) is 90.3 Å². The number of rotatable bonds is 15. The summed E-state index contributed by atoms with van der Waals surface area (Å²) in [5, 5.41) is 8.44. The second-order valence-corrected chi connectivity index (χ2v) is 16.9. The van der Waals surface area contributed by atoms with Crippen LogP contribution in [0.2, 0.25) is 0 Å². The monoisotopic (exact) mass is 870 g/mol. The van der Waals surface area contributed by atoms with Gasteiger partial charge in [-0.2, -0.15) is 0 Å². The lowest BCUT2D eigenvalue weighted by molar-refractivity contribution is 0.0809. The van der Waals surface area contributed by atoms with Crippen molar-refractivity contribution in [2.75, 3.05) is 41.2 Å². The Morgan fingerprint density at radius 3 is 1.58 bits per heavy atom. The van der Waals surface area contributed by atoms with Crippen LogP contribution in [0.3, 0.4) is 0 Å². The average molecular weight is 871 g/mol. The number of amides is 2. The SMILES string of the molecule is CC(C)(CCO)NN.COc1ccc(C2=CN3C(=O)c4cc(OC)c(OCCCOc5cc6c(cc5OC)C(=O)N5C=C(c7ccc(C(C)C)cc7)CC5C=N6)cc4N=C[C@@H]3C2)cc1. The van der Waals surface area contributed by atoms with Gasteiger partial charge in [0.2, 0.25) is 0 Å². The van der Waals surface area contributed by atoms with Crippen LogP contribution in [0.1, 0.15) is 96.7 Å². The van der Waals surface area contributed by atoms with E-state index in [2.05, 4.69) is 43.5 Å². The van der Waals surface area contributed by atoms with Crippen molar-refractivity contribution < 1.29 is 38.4 Å². The molecule has 1 unspecified atom stereocenters. The smallest absolute Gasteiger partial charge is 0.260 e. The molecule has 4 heterocycles. The zero-order valence-electron chi connectivity index (χ0n) is 37.6. The van der Waals surface area contributed by atoms with Crippen LogP contribution in [0.5, 0.6) is 28.7 Å². The maximum atomic E-state index is 13.8. The van der Waals surface area contributed by atoms with Gasteiger partial charge < -0.3 is 38.6 Å². The van der Waals surface area contributed by atoms with Crippen LogP contribution in [0.25, 0.3) is 11.1 Å². The van der Waals surface area contributed by atoms with Gasteiger partial charge in [-0.25, -0.2) is 0 Å². The van der Waals surface area contributed by atoms with Crippen molar-refractivity contribution in [2.45, 2.75) is 76.9 Å². The Hall–Kier alpha value is -6.48. The van der Waals surface area contributed by atoms with E-state index < -0.39 is 0 Å². The van der Waals surface area contributed by atoms with E-state index in [0.717, 1.165) is 28.0 Å². The molecule has 64 heavy (non-hydrogen) atoms. The molecule has 336 valence electrons. The van der Waals surface area contributed by atoms with E-state index in [4.69, 9.17) is 44.6 Å². The summed E-state index contributed by atoms with van der Waals surface area (Å²) in [5.74, 6) is 7.93. The lowest BCUT2D eigenvalue weighted by Gasteiger charge is -2.21. The first-order chi connectivity index (χ1) is 30.9. The molecule has 0 fully saturated rings. The van der Waals surface area contributed by atoms with Crippen LogP contribution in [-0.2, 0) is 0 Å². The number of methoxy groups -OCH3 is 3. The van der Waals surface area contributed by atoms with Gasteiger partial charge in [0.05, 0.1) is 69.1 Å². The topological polar surface area (TPSA) is 170 Å². The number of aliphatic imine (C=N–C) groups is 2. The van der Waals surface area contributed by atoms with Crippen LogP contribution in [0.15, 0.2) is 95.2 Å². The molecule has 4 N–H and O–H groups in total. The molecule has 2 amide bonds. The van der Waals surface area contributed by atoms with Crippen molar-refractivity contribution in [3.63, 3.8) is 0 Å². The number of carbonyl (C=O) groups is 2. The number of nitrogens with zero attached hydrogens (tertiary/aromatic N) is 4. The Labute approximate surface area is 375 Å². The molecule has 0 saturated carbocycles. The lowest BCUT2D eigenvalue weighted by atomic mass is 9.97. The first-order valence-corrected chi connectivity index (χ1v) is 21.5. The third-order valence-electron chi connectivity index (χ3n) is 11.8. The molecule has 0 saturated heterocycles. The Morgan fingerprint density at radius 2 is 1.19 bits per heavy atom. The largest absolute Gasteiger partial charge is 0.497 e. The fourth-order valence-corrected chi connectivity index (χ4v) is 7.80. The van der Waals surface area contributed by atoms with Crippen molar-refractivity contribution in [3.05, 3.63) is 113 Å². The fourth-order valence-electron chi connectivity index (χ4n) is 7.80. The van der Waals surface area contributed by atoms with Crippen molar-refractivity contribution in [1.82, 2.24) is 15.2 Å². The molecule has 0 aromatic heterocycles. The number of hydrazine groups is 1. The number of fused-ring (bicyclic) bond motifs is 4. The van der Waals surface area contributed by atoms with Gasteiger partial charge in [-0.1, -0.05) is 50.2 Å². The Bertz CT molecular complexity index is 2460. The minimum Gasteiger partial charge on any atom is -0.497 e. The molecule has 14 heteroatoms. The molecule has 0 aliphatic carbocycles. The summed E-state index contributed by atoms with van der Waals surface area (Å²) in [6, 6.07) is 22.9. The minimum atomic E-state index is -0.201. The van der Waals surface area contributed by atoms with Gasteiger partial charge >= 0.3 is 0 Å². The van der Waals surface area contributed by atoms with E-state index in [1.165, 1.54) is 5.56 Å². The molecule has 0 spiro atoms. The maximum absolute atomic E-state index is 13.8. The summed E-state index contributed by atoms with van der Waals surface area (Å²) >= 11 is 0. The Kier molecular flexibility index (Phi) is 14.2. The van der Waals surface area contributed by atoms with Crippen molar-refractivity contribution >= 4 is 46.8 Å². The molecule has 2 atom stereocenters. The molecule has 4 aromatic carbocycles. The van der Waals surface area contributed by atoms with Gasteiger partial charge in [0, 0.05) is 68.4 Å². The van der Waals surface area contributed by atoms with Crippen LogP contribution in [0.4, 0.5) is 11.4 Å². The van der Waals surface area contributed by atoms with Crippen molar-refractivity contribution in [1.29, 1.82) is 0 Å². The molecule has 4 aliphatic heterocycles. The molecular formula is C50H58N6O8. The minimum absolute atomic E-state index is 0.130. The van der Waals surface area contributed by atoms with Crippen molar-refractivity contribution in [3.8, 4) is 28.7 Å². The Balaban J connectivity index is 0.000000700. The summed E-state index contributed by atoms with van der Waals surface area (Å²) in [4.78, 5) is 40.5. The number of hydrogen-bond acceptors (Lipinski definition) is 12. The van der Waals surface area contributed by atoms with E-state index in [9.17, 15) is 9.59 Å². The highest BCUT2D eigenvalue weighted by Crippen LogP contribution is 2.42. The van der Waals surface area contributed by atoms with Crippen LogP contribution >= 0.6 is 0 Å². The Morgan fingerprint density at radius 1 is 0.719 bits per heavy atom. The summed E-state index contributed by atoms with van der Waals surface area (Å²) in [6.07, 6.45) is 10.1.